The highest BCUT2D eigenvalue weighted by atomic mass is 35.5. The zero-order chi connectivity index (χ0) is 15.3. The molecule has 0 amide bonds. The largest absolute Gasteiger partial charge is 0.385 e. The van der Waals surface area contributed by atoms with Gasteiger partial charge in [-0.2, -0.15) is 0 Å². The van der Waals surface area contributed by atoms with Crippen molar-refractivity contribution < 1.29 is 13.2 Å². The van der Waals surface area contributed by atoms with Gasteiger partial charge < -0.3 is 10.1 Å². The second-order valence-electron chi connectivity index (χ2n) is 5.15. The van der Waals surface area contributed by atoms with Gasteiger partial charge in [0, 0.05) is 37.9 Å². The molecule has 0 saturated heterocycles. The van der Waals surface area contributed by atoms with Crippen LogP contribution in [0.15, 0.2) is 23.1 Å². The maximum atomic E-state index is 12.1. The van der Waals surface area contributed by atoms with Crippen molar-refractivity contribution >= 4 is 21.6 Å². The lowest BCUT2D eigenvalue weighted by molar-refractivity contribution is 0.196. The minimum absolute atomic E-state index is 0.195. The highest BCUT2D eigenvalue weighted by Crippen LogP contribution is 2.23. The SMILES string of the molecule is COCCCNS(=O)(=O)c1ccc(CNC2CC2)c(Cl)c1. The third-order valence-electron chi connectivity index (χ3n) is 3.31. The molecule has 0 aromatic heterocycles. The van der Waals surface area contributed by atoms with Crippen LogP contribution < -0.4 is 10.0 Å². The van der Waals surface area contributed by atoms with Crippen molar-refractivity contribution in [2.45, 2.75) is 36.7 Å². The van der Waals surface area contributed by atoms with Crippen LogP contribution in [0.5, 0.6) is 0 Å². The second kappa shape index (κ2) is 7.56. The Morgan fingerprint density at radius 2 is 2.14 bits per heavy atom. The Kier molecular flexibility index (Phi) is 6.01. The third-order valence-corrected chi connectivity index (χ3v) is 5.12. The number of sulfonamides is 1. The molecule has 0 aliphatic heterocycles. The molecule has 0 spiro atoms. The van der Waals surface area contributed by atoms with E-state index >= 15 is 0 Å². The Labute approximate surface area is 131 Å². The molecule has 1 aliphatic rings. The summed E-state index contributed by atoms with van der Waals surface area (Å²) in [5, 5.41) is 3.83. The average molecular weight is 333 g/mol. The zero-order valence-corrected chi connectivity index (χ0v) is 13.6. The summed E-state index contributed by atoms with van der Waals surface area (Å²) >= 11 is 6.17. The monoisotopic (exact) mass is 332 g/mol. The molecule has 118 valence electrons. The van der Waals surface area contributed by atoms with Gasteiger partial charge in [-0.1, -0.05) is 17.7 Å². The normalized spacial score (nSPS) is 15.3. The van der Waals surface area contributed by atoms with Crippen LogP contribution in [0.1, 0.15) is 24.8 Å². The van der Waals surface area contributed by atoms with Crippen molar-refractivity contribution in [1.82, 2.24) is 10.0 Å². The lowest BCUT2D eigenvalue weighted by atomic mass is 10.2. The molecule has 21 heavy (non-hydrogen) atoms. The molecular formula is C14H21ClN2O3S. The number of nitrogens with one attached hydrogen (secondary N) is 2. The number of hydrogen-bond acceptors (Lipinski definition) is 4. The number of benzene rings is 1. The van der Waals surface area contributed by atoms with E-state index in [0.29, 0.717) is 37.2 Å². The molecule has 0 bridgehead atoms. The molecule has 1 saturated carbocycles. The maximum absolute atomic E-state index is 12.1. The molecule has 1 aromatic rings. The van der Waals surface area contributed by atoms with E-state index in [-0.39, 0.29) is 4.90 Å². The molecule has 0 atom stereocenters. The fraction of sp³-hybridized carbons (Fsp3) is 0.571. The van der Waals surface area contributed by atoms with Crippen molar-refractivity contribution in [2.24, 2.45) is 0 Å². The number of rotatable bonds is 9. The standard InChI is InChI=1S/C14H21ClN2O3S/c1-20-8-2-7-17-21(18,19)13-6-3-11(14(15)9-13)10-16-12-4-5-12/h3,6,9,12,16-17H,2,4-5,7-8,10H2,1H3. The first-order chi connectivity index (χ1) is 10.0. The van der Waals surface area contributed by atoms with Gasteiger partial charge in [-0.05, 0) is 37.0 Å². The number of halogens is 1. The summed E-state index contributed by atoms with van der Waals surface area (Å²) in [7, 11) is -1.92. The van der Waals surface area contributed by atoms with E-state index < -0.39 is 10.0 Å². The van der Waals surface area contributed by atoms with Crippen molar-refractivity contribution in [3.8, 4) is 0 Å². The Bertz CT molecular complexity index is 574. The molecule has 1 aliphatic carbocycles. The number of ether oxygens (including phenoxy) is 1. The molecule has 7 heteroatoms. The summed E-state index contributed by atoms with van der Waals surface area (Å²) in [6.07, 6.45) is 3.04. The predicted octanol–water partition coefficient (Wildman–Crippen LogP) is 1.91. The Hall–Kier alpha value is -0.660. The van der Waals surface area contributed by atoms with E-state index in [1.165, 1.54) is 18.9 Å². The van der Waals surface area contributed by atoms with Crippen LogP contribution in [0.2, 0.25) is 5.02 Å². The van der Waals surface area contributed by atoms with Gasteiger partial charge in [0.25, 0.3) is 0 Å². The summed E-state index contributed by atoms with van der Waals surface area (Å²) in [4.78, 5) is 0.195. The highest BCUT2D eigenvalue weighted by molar-refractivity contribution is 7.89. The molecule has 1 fully saturated rings. The van der Waals surface area contributed by atoms with E-state index in [9.17, 15) is 8.42 Å². The first-order valence-electron chi connectivity index (χ1n) is 7.03. The van der Waals surface area contributed by atoms with Gasteiger partial charge in [0.2, 0.25) is 10.0 Å². The van der Waals surface area contributed by atoms with Crippen LogP contribution in [0.4, 0.5) is 0 Å². The summed E-state index contributed by atoms with van der Waals surface area (Å²) < 4.78 is 31.6. The summed E-state index contributed by atoms with van der Waals surface area (Å²) in [5.41, 5.74) is 0.918. The van der Waals surface area contributed by atoms with E-state index in [1.54, 1.807) is 19.2 Å². The third kappa shape index (κ3) is 5.23. The van der Waals surface area contributed by atoms with Crippen LogP contribution in [0, 0.1) is 0 Å². The van der Waals surface area contributed by atoms with Crippen molar-refractivity contribution in [1.29, 1.82) is 0 Å². The van der Waals surface area contributed by atoms with Gasteiger partial charge in [-0.3, -0.25) is 0 Å². The summed E-state index contributed by atoms with van der Waals surface area (Å²) in [6, 6.07) is 5.45. The van der Waals surface area contributed by atoms with E-state index in [0.717, 1.165) is 5.56 Å². The van der Waals surface area contributed by atoms with Crippen LogP contribution in [0.25, 0.3) is 0 Å². The Morgan fingerprint density at radius 1 is 1.38 bits per heavy atom. The maximum Gasteiger partial charge on any atom is 0.240 e. The van der Waals surface area contributed by atoms with Gasteiger partial charge >= 0.3 is 0 Å². The van der Waals surface area contributed by atoms with Gasteiger partial charge in [-0.15, -0.1) is 0 Å². The van der Waals surface area contributed by atoms with Crippen LogP contribution >= 0.6 is 11.6 Å². The minimum Gasteiger partial charge on any atom is -0.385 e. The molecule has 5 nitrogen and oxygen atoms in total. The lowest BCUT2D eigenvalue weighted by Crippen LogP contribution is -2.25. The molecule has 2 N–H and O–H groups in total. The predicted molar refractivity (Wildman–Crippen MR) is 83.0 cm³/mol. The molecule has 0 unspecified atom stereocenters. The topological polar surface area (TPSA) is 67.4 Å². The van der Waals surface area contributed by atoms with Crippen LogP contribution in [-0.4, -0.2) is 34.7 Å². The van der Waals surface area contributed by atoms with Gasteiger partial charge in [0.1, 0.15) is 0 Å². The van der Waals surface area contributed by atoms with Gasteiger partial charge in [-0.25, -0.2) is 13.1 Å². The van der Waals surface area contributed by atoms with Crippen LogP contribution in [-0.2, 0) is 21.3 Å². The van der Waals surface area contributed by atoms with Crippen LogP contribution in [0.3, 0.4) is 0 Å². The molecule has 1 aromatic carbocycles. The molecule has 0 heterocycles. The quantitative estimate of drug-likeness (QED) is 0.678. The lowest BCUT2D eigenvalue weighted by Gasteiger charge is -2.10. The van der Waals surface area contributed by atoms with Crippen molar-refractivity contribution in [3.63, 3.8) is 0 Å². The van der Waals surface area contributed by atoms with Gasteiger partial charge in [0.05, 0.1) is 4.90 Å². The highest BCUT2D eigenvalue weighted by Gasteiger charge is 2.21. The van der Waals surface area contributed by atoms with Crippen molar-refractivity contribution in [3.05, 3.63) is 28.8 Å². The summed E-state index contributed by atoms with van der Waals surface area (Å²) in [5.74, 6) is 0. The first kappa shape index (κ1) is 16.7. The van der Waals surface area contributed by atoms with E-state index in [4.69, 9.17) is 16.3 Å². The van der Waals surface area contributed by atoms with Crippen molar-refractivity contribution in [2.75, 3.05) is 20.3 Å². The Morgan fingerprint density at radius 3 is 2.76 bits per heavy atom. The van der Waals surface area contributed by atoms with E-state index in [2.05, 4.69) is 10.0 Å². The average Bonchev–Trinajstić information content (AvgIpc) is 3.26. The summed E-state index contributed by atoms with van der Waals surface area (Å²) in [6.45, 7) is 1.54. The molecule has 2 rings (SSSR count). The molecule has 0 radical (unpaired) electrons. The minimum atomic E-state index is -3.51. The second-order valence-corrected chi connectivity index (χ2v) is 7.33. The first-order valence-corrected chi connectivity index (χ1v) is 8.89. The zero-order valence-electron chi connectivity index (χ0n) is 12.1. The fourth-order valence-electron chi connectivity index (χ4n) is 1.89. The smallest absolute Gasteiger partial charge is 0.240 e. The fourth-order valence-corrected chi connectivity index (χ4v) is 3.30. The number of hydrogen-bond donors (Lipinski definition) is 2. The van der Waals surface area contributed by atoms with Gasteiger partial charge in [0.15, 0.2) is 0 Å². The Balaban J connectivity index is 1.96. The molecular weight excluding hydrogens is 312 g/mol. The van der Waals surface area contributed by atoms with E-state index in [1.807, 2.05) is 0 Å². The number of methoxy groups -OCH3 is 1.